The Labute approximate surface area is 99.7 Å². The van der Waals surface area contributed by atoms with Gasteiger partial charge in [-0.15, -0.1) is 0 Å². The summed E-state index contributed by atoms with van der Waals surface area (Å²) in [7, 11) is 1.79. The van der Waals surface area contributed by atoms with Gasteiger partial charge in [0.25, 0.3) is 0 Å². The number of halogens is 1. The average Bonchev–Trinajstić information content (AvgIpc) is 2.33. The molecule has 0 saturated heterocycles. The lowest BCUT2D eigenvalue weighted by atomic mass is 10.0. The molecule has 4 heteroatoms. The summed E-state index contributed by atoms with van der Waals surface area (Å²) in [5.74, 6) is -0.324. The van der Waals surface area contributed by atoms with Gasteiger partial charge in [-0.1, -0.05) is 0 Å². The zero-order valence-electron chi connectivity index (χ0n) is 9.81. The molecule has 2 heterocycles. The number of hydrogen-bond donors (Lipinski definition) is 1. The van der Waals surface area contributed by atoms with Crippen molar-refractivity contribution in [1.29, 1.82) is 0 Å². The second kappa shape index (κ2) is 5.01. The van der Waals surface area contributed by atoms with Crippen molar-refractivity contribution in [1.82, 2.24) is 15.3 Å². The van der Waals surface area contributed by atoms with Crippen LogP contribution in [-0.4, -0.2) is 17.0 Å². The van der Waals surface area contributed by atoms with Crippen molar-refractivity contribution in [2.75, 3.05) is 7.05 Å². The summed E-state index contributed by atoms with van der Waals surface area (Å²) in [5, 5.41) is 3.07. The summed E-state index contributed by atoms with van der Waals surface area (Å²) in [6.45, 7) is 1.99. The molecular weight excluding hydrogens is 217 g/mol. The third-order valence-corrected chi connectivity index (χ3v) is 2.64. The second-order valence-corrected chi connectivity index (χ2v) is 3.88. The molecule has 88 valence electrons. The fourth-order valence-corrected chi connectivity index (χ4v) is 1.80. The van der Waals surface area contributed by atoms with Gasteiger partial charge in [0.2, 0.25) is 0 Å². The van der Waals surface area contributed by atoms with Crippen LogP contribution in [0.3, 0.4) is 0 Å². The van der Waals surface area contributed by atoms with Gasteiger partial charge in [0.05, 0.1) is 17.9 Å². The highest BCUT2D eigenvalue weighted by atomic mass is 19.1. The highest BCUT2D eigenvalue weighted by Crippen LogP contribution is 2.22. The minimum Gasteiger partial charge on any atom is -0.308 e. The van der Waals surface area contributed by atoms with Crippen LogP contribution in [0.15, 0.2) is 36.8 Å². The monoisotopic (exact) mass is 231 g/mol. The molecule has 17 heavy (non-hydrogen) atoms. The molecule has 2 aromatic rings. The number of rotatable bonds is 3. The van der Waals surface area contributed by atoms with E-state index in [-0.39, 0.29) is 11.9 Å². The van der Waals surface area contributed by atoms with Crippen LogP contribution in [0.2, 0.25) is 0 Å². The normalized spacial score (nSPS) is 12.4. The maximum Gasteiger partial charge on any atom is 0.146 e. The lowest BCUT2D eigenvalue weighted by molar-refractivity contribution is 0.565. The first-order valence-electron chi connectivity index (χ1n) is 5.41. The Morgan fingerprint density at radius 2 is 2.12 bits per heavy atom. The second-order valence-electron chi connectivity index (χ2n) is 3.88. The fourth-order valence-electron chi connectivity index (χ4n) is 1.80. The Balaban J connectivity index is 2.44. The van der Waals surface area contributed by atoms with E-state index in [2.05, 4.69) is 15.3 Å². The summed E-state index contributed by atoms with van der Waals surface area (Å²) < 4.78 is 13.7. The van der Waals surface area contributed by atoms with Gasteiger partial charge >= 0.3 is 0 Å². The Morgan fingerprint density at radius 3 is 2.76 bits per heavy atom. The highest BCUT2D eigenvalue weighted by molar-refractivity contribution is 5.28. The van der Waals surface area contributed by atoms with Crippen molar-refractivity contribution < 1.29 is 4.39 Å². The SMILES string of the molecule is CNC(c1cc(C)ccn1)c1ccncc1F. The molecule has 0 aliphatic rings. The van der Waals surface area contributed by atoms with Crippen molar-refractivity contribution in [3.8, 4) is 0 Å². The zero-order chi connectivity index (χ0) is 12.3. The van der Waals surface area contributed by atoms with E-state index >= 15 is 0 Å². The van der Waals surface area contributed by atoms with Crippen LogP contribution < -0.4 is 5.32 Å². The lowest BCUT2D eigenvalue weighted by Crippen LogP contribution is -2.20. The molecule has 1 N–H and O–H groups in total. The molecule has 0 radical (unpaired) electrons. The van der Waals surface area contributed by atoms with E-state index in [1.807, 2.05) is 19.1 Å². The van der Waals surface area contributed by atoms with Crippen LogP contribution >= 0.6 is 0 Å². The third-order valence-electron chi connectivity index (χ3n) is 2.64. The predicted octanol–water partition coefficient (Wildman–Crippen LogP) is 2.23. The van der Waals surface area contributed by atoms with Crippen molar-refractivity contribution in [2.24, 2.45) is 0 Å². The molecule has 2 aromatic heterocycles. The van der Waals surface area contributed by atoms with E-state index in [9.17, 15) is 4.39 Å². The molecule has 1 atom stereocenters. The summed E-state index contributed by atoms with van der Waals surface area (Å²) in [5.41, 5.74) is 2.46. The lowest BCUT2D eigenvalue weighted by Gasteiger charge is -2.16. The van der Waals surface area contributed by atoms with Crippen molar-refractivity contribution in [3.05, 3.63) is 59.4 Å². The Bertz CT molecular complexity index is 514. The maximum absolute atomic E-state index is 13.7. The summed E-state index contributed by atoms with van der Waals surface area (Å²) >= 11 is 0. The summed E-state index contributed by atoms with van der Waals surface area (Å²) in [4.78, 5) is 8.03. The van der Waals surface area contributed by atoms with Crippen LogP contribution in [0.1, 0.15) is 22.9 Å². The van der Waals surface area contributed by atoms with Gasteiger partial charge in [0.15, 0.2) is 0 Å². The fraction of sp³-hybridized carbons (Fsp3) is 0.231. The van der Waals surface area contributed by atoms with Crippen molar-refractivity contribution >= 4 is 0 Å². The van der Waals surface area contributed by atoms with Gasteiger partial charge in [0, 0.05) is 18.0 Å². The minimum atomic E-state index is -0.324. The van der Waals surface area contributed by atoms with Crippen molar-refractivity contribution in [2.45, 2.75) is 13.0 Å². The Kier molecular flexibility index (Phi) is 3.44. The van der Waals surface area contributed by atoms with Gasteiger partial charge in [-0.3, -0.25) is 9.97 Å². The van der Waals surface area contributed by atoms with Gasteiger partial charge in [0.1, 0.15) is 5.82 Å². The van der Waals surface area contributed by atoms with Crippen LogP contribution in [-0.2, 0) is 0 Å². The van der Waals surface area contributed by atoms with E-state index in [1.54, 1.807) is 25.5 Å². The standard InChI is InChI=1S/C13H14FN3/c1-9-3-6-17-12(7-9)13(15-2)10-4-5-16-8-11(10)14/h3-8,13,15H,1-2H3. The molecular formula is C13H14FN3. The van der Waals surface area contributed by atoms with Gasteiger partial charge in [-0.25, -0.2) is 4.39 Å². The largest absolute Gasteiger partial charge is 0.308 e. The van der Waals surface area contributed by atoms with E-state index < -0.39 is 0 Å². The number of aryl methyl sites for hydroxylation is 1. The van der Waals surface area contributed by atoms with Crippen LogP contribution in [0, 0.1) is 12.7 Å². The van der Waals surface area contributed by atoms with Crippen LogP contribution in [0.25, 0.3) is 0 Å². The maximum atomic E-state index is 13.7. The van der Waals surface area contributed by atoms with Gasteiger partial charge in [-0.2, -0.15) is 0 Å². The molecule has 0 saturated carbocycles. The first kappa shape index (κ1) is 11.7. The van der Waals surface area contributed by atoms with E-state index in [4.69, 9.17) is 0 Å². The van der Waals surface area contributed by atoms with Gasteiger partial charge < -0.3 is 5.32 Å². The molecule has 0 aliphatic heterocycles. The Morgan fingerprint density at radius 1 is 1.29 bits per heavy atom. The number of nitrogens with one attached hydrogen (secondary N) is 1. The molecule has 0 bridgehead atoms. The van der Waals surface area contributed by atoms with Crippen LogP contribution in [0.5, 0.6) is 0 Å². The first-order valence-corrected chi connectivity index (χ1v) is 5.41. The predicted molar refractivity (Wildman–Crippen MR) is 64.1 cm³/mol. The molecule has 0 aliphatic carbocycles. The average molecular weight is 231 g/mol. The highest BCUT2D eigenvalue weighted by Gasteiger charge is 2.17. The van der Waals surface area contributed by atoms with E-state index in [0.717, 1.165) is 11.3 Å². The number of nitrogens with zero attached hydrogens (tertiary/aromatic N) is 2. The van der Waals surface area contributed by atoms with E-state index in [0.29, 0.717) is 5.56 Å². The number of hydrogen-bond acceptors (Lipinski definition) is 3. The quantitative estimate of drug-likeness (QED) is 0.880. The number of pyridine rings is 2. The first-order chi connectivity index (χ1) is 8.22. The van der Waals surface area contributed by atoms with Crippen LogP contribution in [0.4, 0.5) is 4.39 Å². The molecule has 0 aromatic carbocycles. The summed E-state index contributed by atoms with van der Waals surface area (Å²) in [6, 6.07) is 5.28. The molecule has 3 nitrogen and oxygen atoms in total. The molecule has 0 amide bonds. The smallest absolute Gasteiger partial charge is 0.146 e. The minimum absolute atomic E-state index is 0.252. The van der Waals surface area contributed by atoms with Gasteiger partial charge in [-0.05, 0) is 37.7 Å². The topological polar surface area (TPSA) is 37.8 Å². The number of aromatic nitrogens is 2. The third kappa shape index (κ3) is 2.47. The zero-order valence-corrected chi connectivity index (χ0v) is 9.81. The van der Waals surface area contributed by atoms with Crippen molar-refractivity contribution in [3.63, 3.8) is 0 Å². The summed E-state index contributed by atoms with van der Waals surface area (Å²) in [6.07, 6.45) is 4.53. The Hall–Kier alpha value is -1.81. The molecule has 2 rings (SSSR count). The van der Waals surface area contributed by atoms with E-state index in [1.165, 1.54) is 6.20 Å². The molecule has 1 unspecified atom stereocenters. The molecule has 0 fully saturated rings. The molecule has 0 spiro atoms.